The van der Waals surface area contributed by atoms with Crippen molar-refractivity contribution in [3.05, 3.63) is 23.1 Å². The third-order valence-electron chi connectivity index (χ3n) is 4.12. The number of anilines is 1. The molecule has 3 rings (SSSR count). The second kappa shape index (κ2) is 4.59. The number of halogens is 1. The quantitative estimate of drug-likeness (QED) is 0.797. The van der Waals surface area contributed by atoms with E-state index in [1.807, 2.05) is 11.8 Å². The van der Waals surface area contributed by atoms with Crippen LogP contribution in [-0.4, -0.2) is 51.4 Å². The molecule has 0 unspecified atom stereocenters. The van der Waals surface area contributed by atoms with Crippen LogP contribution in [0, 0.1) is 5.82 Å². The lowest BCUT2D eigenvalue weighted by molar-refractivity contribution is 0.128. The second-order valence-electron chi connectivity index (χ2n) is 5.35. The summed E-state index contributed by atoms with van der Waals surface area (Å²) in [5.74, 6) is 0.173. The maximum atomic E-state index is 13.7. The molecule has 0 spiro atoms. The Balaban J connectivity index is 1.99. The molecular formula is C13H16FN3O3. The molecular weight excluding hydrogens is 265 g/mol. The summed E-state index contributed by atoms with van der Waals surface area (Å²) in [7, 11) is 0. The normalized spacial score (nSPS) is 24.6. The molecule has 3 heterocycles. The van der Waals surface area contributed by atoms with Gasteiger partial charge in [-0.2, -0.15) is 0 Å². The molecule has 108 valence electrons. The van der Waals surface area contributed by atoms with E-state index in [-0.39, 0.29) is 24.3 Å². The molecule has 0 saturated carbocycles. The Morgan fingerprint density at radius 1 is 1.55 bits per heavy atom. The maximum absolute atomic E-state index is 13.7. The number of carboxylic acid groups (broad SMARTS) is 1. The van der Waals surface area contributed by atoms with E-state index in [2.05, 4.69) is 4.98 Å². The van der Waals surface area contributed by atoms with Crippen LogP contribution in [0.1, 0.15) is 18.1 Å². The fourth-order valence-electron chi connectivity index (χ4n) is 3.28. The van der Waals surface area contributed by atoms with Gasteiger partial charge in [0.2, 0.25) is 0 Å². The fraction of sp³-hybridized carbons (Fsp3) is 0.538. The highest BCUT2D eigenvalue weighted by molar-refractivity contribution is 5.67. The molecule has 0 radical (unpaired) electrons. The summed E-state index contributed by atoms with van der Waals surface area (Å²) in [6.07, 6.45) is 0.710. The lowest BCUT2D eigenvalue weighted by atomic mass is 10.0. The first kappa shape index (κ1) is 13.1. The number of piperazine rings is 1. The molecule has 1 amide bonds. The zero-order valence-corrected chi connectivity index (χ0v) is 11.1. The van der Waals surface area contributed by atoms with Crippen LogP contribution < -0.4 is 4.90 Å². The molecule has 0 aliphatic carbocycles. The van der Waals surface area contributed by atoms with Crippen molar-refractivity contribution < 1.29 is 19.4 Å². The van der Waals surface area contributed by atoms with Crippen LogP contribution in [-0.2, 0) is 13.0 Å². The first-order valence-corrected chi connectivity index (χ1v) is 6.56. The minimum absolute atomic E-state index is 0.0180. The van der Waals surface area contributed by atoms with Crippen LogP contribution in [0.15, 0.2) is 6.20 Å². The van der Waals surface area contributed by atoms with Crippen molar-refractivity contribution in [1.29, 1.82) is 0 Å². The van der Waals surface area contributed by atoms with E-state index in [4.69, 9.17) is 5.11 Å². The molecule has 1 fully saturated rings. The Morgan fingerprint density at radius 2 is 2.30 bits per heavy atom. The van der Waals surface area contributed by atoms with E-state index >= 15 is 0 Å². The molecule has 2 atom stereocenters. The van der Waals surface area contributed by atoms with Gasteiger partial charge in [0.15, 0.2) is 0 Å². The van der Waals surface area contributed by atoms with Gasteiger partial charge in [0, 0.05) is 30.3 Å². The summed E-state index contributed by atoms with van der Waals surface area (Å²) in [4.78, 5) is 18.7. The third kappa shape index (κ3) is 1.81. The van der Waals surface area contributed by atoms with Crippen LogP contribution >= 0.6 is 0 Å². The number of nitrogens with zero attached hydrogens (tertiary/aromatic N) is 3. The van der Waals surface area contributed by atoms with Crippen molar-refractivity contribution in [2.45, 2.75) is 32.0 Å². The number of rotatable bonds is 1. The lowest BCUT2D eigenvalue weighted by Gasteiger charge is -2.42. The van der Waals surface area contributed by atoms with E-state index in [1.54, 1.807) is 0 Å². The topological polar surface area (TPSA) is 76.9 Å². The summed E-state index contributed by atoms with van der Waals surface area (Å²) < 4.78 is 13.7. The van der Waals surface area contributed by atoms with Gasteiger partial charge in [-0.05, 0) is 13.3 Å². The summed E-state index contributed by atoms with van der Waals surface area (Å²) >= 11 is 0. The molecule has 6 nitrogen and oxygen atoms in total. The van der Waals surface area contributed by atoms with E-state index in [0.717, 1.165) is 6.20 Å². The Kier molecular flexibility index (Phi) is 3.01. The monoisotopic (exact) mass is 281 g/mol. The largest absolute Gasteiger partial charge is 0.465 e. The first-order valence-electron chi connectivity index (χ1n) is 6.56. The van der Waals surface area contributed by atoms with Crippen molar-refractivity contribution in [3.8, 4) is 0 Å². The van der Waals surface area contributed by atoms with Crippen LogP contribution in [0.5, 0.6) is 0 Å². The number of hydrogen-bond acceptors (Lipinski definition) is 4. The molecule has 20 heavy (non-hydrogen) atoms. The van der Waals surface area contributed by atoms with Crippen molar-refractivity contribution in [2.24, 2.45) is 0 Å². The number of amides is 1. The van der Waals surface area contributed by atoms with Crippen LogP contribution in [0.2, 0.25) is 0 Å². The van der Waals surface area contributed by atoms with Gasteiger partial charge >= 0.3 is 6.09 Å². The minimum Gasteiger partial charge on any atom is -0.465 e. The highest BCUT2D eigenvalue weighted by Gasteiger charge is 2.41. The van der Waals surface area contributed by atoms with E-state index < -0.39 is 11.9 Å². The van der Waals surface area contributed by atoms with Gasteiger partial charge in [0.25, 0.3) is 0 Å². The number of aliphatic hydroxyl groups excluding tert-OH is 1. The van der Waals surface area contributed by atoms with Gasteiger partial charge in [-0.25, -0.2) is 14.2 Å². The van der Waals surface area contributed by atoms with Crippen LogP contribution in [0.4, 0.5) is 15.0 Å². The van der Waals surface area contributed by atoms with Crippen LogP contribution in [0.25, 0.3) is 0 Å². The van der Waals surface area contributed by atoms with Gasteiger partial charge in [-0.15, -0.1) is 0 Å². The SMILES string of the molecule is C[C@@H]1CN(C(=O)O)C[C@H]2Cc3c(ncc(F)c3CO)N21. The molecule has 1 aromatic rings. The lowest BCUT2D eigenvalue weighted by Crippen LogP contribution is -2.57. The molecule has 1 saturated heterocycles. The Bertz CT molecular complexity index is 566. The molecule has 7 heteroatoms. The minimum atomic E-state index is -0.936. The van der Waals surface area contributed by atoms with Gasteiger partial charge < -0.3 is 20.0 Å². The zero-order valence-electron chi connectivity index (χ0n) is 11.1. The number of hydrogen-bond donors (Lipinski definition) is 2. The number of carbonyl (C=O) groups is 1. The Morgan fingerprint density at radius 3 is 2.95 bits per heavy atom. The second-order valence-corrected chi connectivity index (χ2v) is 5.35. The summed E-state index contributed by atoms with van der Waals surface area (Å²) in [5, 5.41) is 18.5. The smallest absolute Gasteiger partial charge is 0.407 e. The summed E-state index contributed by atoms with van der Waals surface area (Å²) in [5.41, 5.74) is 0.982. The highest BCUT2D eigenvalue weighted by atomic mass is 19.1. The third-order valence-corrected chi connectivity index (χ3v) is 4.12. The predicted molar refractivity (Wildman–Crippen MR) is 69.1 cm³/mol. The molecule has 0 aromatic carbocycles. The summed E-state index contributed by atoms with van der Waals surface area (Å²) in [6.45, 7) is 2.34. The molecule has 0 bridgehead atoms. The average Bonchev–Trinajstić information content (AvgIpc) is 2.77. The zero-order chi connectivity index (χ0) is 14.4. The van der Waals surface area contributed by atoms with E-state index in [0.29, 0.717) is 30.9 Å². The number of pyridine rings is 1. The van der Waals surface area contributed by atoms with Gasteiger partial charge in [-0.1, -0.05) is 0 Å². The van der Waals surface area contributed by atoms with Crippen molar-refractivity contribution in [1.82, 2.24) is 9.88 Å². The Labute approximate surface area is 115 Å². The van der Waals surface area contributed by atoms with Crippen molar-refractivity contribution >= 4 is 11.9 Å². The molecule has 2 N–H and O–H groups in total. The number of fused-ring (bicyclic) bond motifs is 3. The number of aliphatic hydroxyl groups is 1. The molecule has 1 aromatic heterocycles. The molecule has 2 aliphatic rings. The number of aromatic nitrogens is 1. The highest BCUT2D eigenvalue weighted by Crippen LogP contribution is 2.37. The van der Waals surface area contributed by atoms with Gasteiger partial charge in [0.05, 0.1) is 18.8 Å². The molecule has 2 aliphatic heterocycles. The van der Waals surface area contributed by atoms with Gasteiger partial charge in [0.1, 0.15) is 11.6 Å². The standard InChI is InChI=1S/C13H16FN3O3/c1-7-4-16(13(19)20)5-8-2-9-10(6-18)11(14)3-15-12(9)17(7)8/h3,7-8,18H,2,4-6H2,1H3,(H,19,20)/t7-,8-/m1/s1. The first-order chi connectivity index (χ1) is 9.52. The summed E-state index contributed by atoms with van der Waals surface area (Å²) in [6, 6.07) is -0.0555. The van der Waals surface area contributed by atoms with E-state index in [9.17, 15) is 14.3 Å². The van der Waals surface area contributed by atoms with Gasteiger partial charge in [-0.3, -0.25) is 0 Å². The van der Waals surface area contributed by atoms with Crippen LogP contribution in [0.3, 0.4) is 0 Å². The fourth-order valence-corrected chi connectivity index (χ4v) is 3.28. The van der Waals surface area contributed by atoms with E-state index in [1.165, 1.54) is 4.90 Å². The van der Waals surface area contributed by atoms with Crippen molar-refractivity contribution in [3.63, 3.8) is 0 Å². The predicted octanol–water partition coefficient (Wildman–Crippen LogP) is 0.826. The maximum Gasteiger partial charge on any atom is 0.407 e. The Hall–Kier alpha value is -1.89. The average molecular weight is 281 g/mol. The van der Waals surface area contributed by atoms with Crippen molar-refractivity contribution in [2.75, 3.05) is 18.0 Å².